The first-order valence-electron chi connectivity index (χ1n) is 9.30. The molecule has 5 heteroatoms. The Morgan fingerprint density at radius 2 is 1.93 bits per heavy atom. The number of nitrogens with zero attached hydrogens (tertiary/aromatic N) is 1. The maximum absolute atomic E-state index is 11.6. The second-order valence-electron chi connectivity index (χ2n) is 6.88. The highest BCUT2D eigenvalue weighted by atomic mass is 16.1. The molecule has 0 saturated carbocycles. The van der Waals surface area contributed by atoms with E-state index in [1.165, 1.54) is 11.5 Å². The molecule has 0 aliphatic heterocycles. The van der Waals surface area contributed by atoms with Gasteiger partial charge in [0.15, 0.2) is 0 Å². The molecule has 0 bridgehead atoms. The fraction of sp³-hybridized carbons (Fsp3) is 0. The van der Waals surface area contributed by atoms with Crippen molar-refractivity contribution < 1.29 is 4.79 Å². The number of hydrogen-bond donors (Lipinski definition) is 3. The van der Waals surface area contributed by atoms with Crippen LogP contribution in [0.4, 0.5) is 5.69 Å². The summed E-state index contributed by atoms with van der Waals surface area (Å²) in [5.74, 6) is -0.233. The molecule has 2 aromatic carbocycles. The van der Waals surface area contributed by atoms with Crippen molar-refractivity contribution in [1.82, 2.24) is 15.0 Å². The summed E-state index contributed by atoms with van der Waals surface area (Å²) in [5.41, 5.74) is 6.88. The number of nitrogens with one attached hydrogen (secondary N) is 3. The third kappa shape index (κ3) is 3.08. The molecule has 3 aromatic heterocycles. The monoisotopic (exact) mass is 378 g/mol. The number of rotatable bonds is 4. The van der Waals surface area contributed by atoms with Gasteiger partial charge < -0.3 is 15.3 Å². The number of anilines is 1. The normalized spacial score (nSPS) is 11.0. The van der Waals surface area contributed by atoms with Crippen LogP contribution in [0.25, 0.3) is 44.2 Å². The molecular formula is C24H18N4O. The summed E-state index contributed by atoms with van der Waals surface area (Å²) in [6.07, 6.45) is 7.04. The van der Waals surface area contributed by atoms with E-state index in [0.29, 0.717) is 0 Å². The van der Waals surface area contributed by atoms with Gasteiger partial charge >= 0.3 is 0 Å². The Kier molecular flexibility index (Phi) is 3.99. The largest absolute Gasteiger partial charge is 0.361 e. The van der Waals surface area contributed by atoms with Gasteiger partial charge in [-0.15, -0.1) is 0 Å². The van der Waals surface area contributed by atoms with Gasteiger partial charge in [-0.05, 0) is 59.0 Å². The van der Waals surface area contributed by atoms with Crippen LogP contribution in [-0.2, 0) is 4.79 Å². The van der Waals surface area contributed by atoms with Crippen LogP contribution in [0.2, 0.25) is 0 Å². The van der Waals surface area contributed by atoms with Crippen LogP contribution in [0.1, 0.15) is 0 Å². The van der Waals surface area contributed by atoms with Gasteiger partial charge in [0.25, 0.3) is 0 Å². The molecule has 0 aliphatic rings. The molecule has 3 heterocycles. The topological polar surface area (TPSA) is 73.6 Å². The van der Waals surface area contributed by atoms with Crippen molar-refractivity contribution in [3.63, 3.8) is 0 Å². The first kappa shape index (κ1) is 17.0. The van der Waals surface area contributed by atoms with Crippen molar-refractivity contribution >= 4 is 33.5 Å². The SMILES string of the molecule is C=CC(=O)Nc1cccc(-c2cnc3[nH]cc(-c4ccc5[nH]ccc5c4)c3c2)c1. The molecule has 3 N–H and O–H groups in total. The highest BCUT2D eigenvalue weighted by Crippen LogP contribution is 2.33. The average Bonchev–Trinajstić information content (AvgIpc) is 3.39. The second-order valence-corrected chi connectivity index (χ2v) is 6.88. The Hall–Kier alpha value is -4.12. The molecule has 29 heavy (non-hydrogen) atoms. The van der Waals surface area contributed by atoms with Crippen LogP contribution >= 0.6 is 0 Å². The number of aromatic amines is 2. The van der Waals surface area contributed by atoms with Gasteiger partial charge in [-0.1, -0.05) is 24.8 Å². The number of carbonyl (C=O) groups is 1. The summed E-state index contributed by atoms with van der Waals surface area (Å²) in [7, 11) is 0. The quantitative estimate of drug-likeness (QED) is 0.361. The van der Waals surface area contributed by atoms with Crippen LogP contribution in [-0.4, -0.2) is 20.9 Å². The van der Waals surface area contributed by atoms with E-state index < -0.39 is 0 Å². The molecule has 5 nitrogen and oxygen atoms in total. The van der Waals surface area contributed by atoms with Gasteiger partial charge in [-0.25, -0.2) is 4.98 Å². The van der Waals surface area contributed by atoms with E-state index in [2.05, 4.69) is 57.2 Å². The van der Waals surface area contributed by atoms with Crippen LogP contribution in [0.5, 0.6) is 0 Å². The van der Waals surface area contributed by atoms with E-state index in [1.54, 1.807) is 0 Å². The van der Waals surface area contributed by atoms with E-state index in [4.69, 9.17) is 0 Å². The van der Waals surface area contributed by atoms with Crippen molar-refractivity contribution in [1.29, 1.82) is 0 Å². The number of amides is 1. The first-order chi connectivity index (χ1) is 14.2. The predicted octanol–water partition coefficient (Wildman–Crippen LogP) is 5.50. The molecule has 0 radical (unpaired) electrons. The number of fused-ring (bicyclic) bond motifs is 2. The van der Waals surface area contributed by atoms with Crippen LogP contribution in [0.15, 0.2) is 85.8 Å². The van der Waals surface area contributed by atoms with Gasteiger partial charge in [0.05, 0.1) is 0 Å². The summed E-state index contributed by atoms with van der Waals surface area (Å²) in [6.45, 7) is 3.49. The highest BCUT2D eigenvalue weighted by molar-refractivity contribution is 6.00. The molecule has 0 aliphatic carbocycles. The average molecular weight is 378 g/mol. The molecule has 0 unspecified atom stereocenters. The smallest absolute Gasteiger partial charge is 0.247 e. The Bertz CT molecular complexity index is 1380. The zero-order valence-electron chi connectivity index (χ0n) is 15.6. The Morgan fingerprint density at radius 3 is 2.83 bits per heavy atom. The third-order valence-electron chi connectivity index (χ3n) is 5.04. The standard InChI is InChI=1S/C24H18N4O/c1-2-23(29)28-19-5-3-4-15(11-19)18-12-20-21(14-27-24(20)26-13-18)16-6-7-22-17(10-16)8-9-25-22/h2-14,25H,1H2,(H,26,27)(H,28,29). The van der Waals surface area contributed by atoms with Crippen molar-refractivity contribution in [2.75, 3.05) is 5.32 Å². The zero-order valence-corrected chi connectivity index (χ0v) is 15.6. The molecule has 140 valence electrons. The maximum Gasteiger partial charge on any atom is 0.247 e. The highest BCUT2D eigenvalue weighted by Gasteiger charge is 2.10. The fourth-order valence-corrected chi connectivity index (χ4v) is 3.59. The minimum absolute atomic E-state index is 0.233. The minimum atomic E-state index is -0.233. The van der Waals surface area contributed by atoms with E-state index in [0.717, 1.165) is 44.5 Å². The Morgan fingerprint density at radius 1 is 1.00 bits per heavy atom. The summed E-state index contributed by atoms with van der Waals surface area (Å²) in [6, 6.07) is 18.3. The van der Waals surface area contributed by atoms with Crippen LogP contribution in [0, 0.1) is 0 Å². The lowest BCUT2D eigenvalue weighted by Crippen LogP contribution is -2.06. The molecule has 0 atom stereocenters. The van der Waals surface area contributed by atoms with Gasteiger partial charge in [-0.3, -0.25) is 4.79 Å². The zero-order chi connectivity index (χ0) is 19.8. The lowest BCUT2D eigenvalue weighted by Gasteiger charge is -2.07. The van der Waals surface area contributed by atoms with Crippen LogP contribution in [0.3, 0.4) is 0 Å². The first-order valence-corrected chi connectivity index (χ1v) is 9.30. The summed E-state index contributed by atoms with van der Waals surface area (Å²) < 4.78 is 0. The molecular weight excluding hydrogens is 360 g/mol. The van der Waals surface area contributed by atoms with E-state index in [-0.39, 0.29) is 5.91 Å². The number of carbonyl (C=O) groups excluding carboxylic acids is 1. The van der Waals surface area contributed by atoms with E-state index >= 15 is 0 Å². The minimum Gasteiger partial charge on any atom is -0.361 e. The number of hydrogen-bond acceptors (Lipinski definition) is 2. The van der Waals surface area contributed by atoms with Crippen molar-refractivity contribution in [3.8, 4) is 22.3 Å². The molecule has 0 saturated heterocycles. The van der Waals surface area contributed by atoms with Crippen molar-refractivity contribution in [2.45, 2.75) is 0 Å². The maximum atomic E-state index is 11.6. The predicted molar refractivity (Wildman–Crippen MR) is 118 cm³/mol. The second kappa shape index (κ2) is 6.80. The Labute approximate surface area is 167 Å². The van der Waals surface area contributed by atoms with Gasteiger partial charge in [-0.2, -0.15) is 0 Å². The number of pyridine rings is 1. The van der Waals surface area contributed by atoms with Gasteiger partial charge in [0.1, 0.15) is 5.65 Å². The molecule has 0 fully saturated rings. The molecule has 1 amide bonds. The van der Waals surface area contributed by atoms with Crippen molar-refractivity contribution in [2.24, 2.45) is 0 Å². The van der Waals surface area contributed by atoms with Crippen LogP contribution < -0.4 is 5.32 Å². The third-order valence-corrected chi connectivity index (χ3v) is 5.04. The summed E-state index contributed by atoms with van der Waals surface area (Å²) >= 11 is 0. The van der Waals surface area contributed by atoms with Crippen molar-refractivity contribution in [3.05, 3.63) is 85.8 Å². The molecule has 5 rings (SSSR count). The summed E-state index contributed by atoms with van der Waals surface area (Å²) in [5, 5.41) is 5.03. The number of aromatic nitrogens is 3. The van der Waals surface area contributed by atoms with E-state index in [9.17, 15) is 4.79 Å². The van der Waals surface area contributed by atoms with Gasteiger partial charge in [0, 0.05) is 46.3 Å². The lowest BCUT2D eigenvalue weighted by atomic mass is 10.0. The van der Waals surface area contributed by atoms with Gasteiger partial charge in [0.2, 0.25) is 5.91 Å². The molecule has 0 spiro atoms. The summed E-state index contributed by atoms with van der Waals surface area (Å²) in [4.78, 5) is 22.7. The lowest BCUT2D eigenvalue weighted by molar-refractivity contribution is -0.111. The number of H-pyrrole nitrogens is 2. The molecule has 5 aromatic rings. The Balaban J connectivity index is 1.58. The van der Waals surface area contributed by atoms with E-state index in [1.807, 2.05) is 42.9 Å². The fourth-order valence-electron chi connectivity index (χ4n) is 3.59. The number of benzene rings is 2.